The van der Waals surface area contributed by atoms with Crippen LogP contribution in [0.1, 0.15) is 15.9 Å². The summed E-state index contributed by atoms with van der Waals surface area (Å²) in [5.41, 5.74) is 6.75. The number of aryl methyl sites for hydroxylation is 1. The van der Waals surface area contributed by atoms with Crippen LogP contribution in [-0.2, 0) is 10.0 Å². The molecule has 0 saturated carbocycles. The Bertz CT molecular complexity index is 1100. The Morgan fingerprint density at radius 3 is 2.68 bits per heavy atom. The molecule has 1 aromatic heterocycles. The number of pyridine rings is 1. The Morgan fingerprint density at radius 2 is 1.96 bits per heavy atom. The monoisotopic (exact) mass is 375 g/mol. The zero-order valence-electron chi connectivity index (χ0n) is 13.2. The number of benzene rings is 2. The Kier molecular flexibility index (Phi) is 4.36. The van der Waals surface area contributed by atoms with Gasteiger partial charge < -0.3 is 5.73 Å². The first-order valence-electron chi connectivity index (χ1n) is 7.25. The third kappa shape index (κ3) is 3.42. The SMILES string of the molecule is Cc1cnc2c(S(=O)(=O)Nc3ccc(Cl)c(C(N)=O)c3)cccc2c1. The van der Waals surface area contributed by atoms with Crippen molar-refractivity contribution in [3.63, 3.8) is 0 Å². The minimum atomic E-state index is -3.92. The van der Waals surface area contributed by atoms with E-state index in [4.69, 9.17) is 17.3 Å². The molecule has 0 bridgehead atoms. The van der Waals surface area contributed by atoms with Crippen molar-refractivity contribution >= 4 is 44.1 Å². The Labute approximate surface area is 149 Å². The zero-order chi connectivity index (χ0) is 18.2. The second kappa shape index (κ2) is 6.34. The number of sulfonamides is 1. The fourth-order valence-corrected chi connectivity index (χ4v) is 3.89. The van der Waals surface area contributed by atoms with Crippen molar-refractivity contribution in [1.29, 1.82) is 0 Å². The van der Waals surface area contributed by atoms with Gasteiger partial charge in [-0.3, -0.25) is 14.5 Å². The van der Waals surface area contributed by atoms with Crippen LogP contribution in [0.4, 0.5) is 5.69 Å². The molecular weight excluding hydrogens is 362 g/mol. The van der Waals surface area contributed by atoms with Crippen molar-refractivity contribution in [2.75, 3.05) is 4.72 Å². The van der Waals surface area contributed by atoms with Crippen LogP contribution >= 0.6 is 11.6 Å². The second-order valence-corrected chi connectivity index (χ2v) is 7.56. The number of primary amides is 1. The Morgan fingerprint density at radius 1 is 1.20 bits per heavy atom. The number of hydrogen-bond donors (Lipinski definition) is 2. The Balaban J connectivity index is 2.06. The summed E-state index contributed by atoms with van der Waals surface area (Å²) in [6.45, 7) is 1.88. The highest BCUT2D eigenvalue weighted by Gasteiger charge is 2.19. The van der Waals surface area contributed by atoms with E-state index in [1.165, 1.54) is 24.3 Å². The van der Waals surface area contributed by atoms with Gasteiger partial charge in [0.05, 0.1) is 16.1 Å². The average Bonchev–Trinajstić information content (AvgIpc) is 2.55. The summed E-state index contributed by atoms with van der Waals surface area (Å²) in [7, 11) is -3.92. The minimum Gasteiger partial charge on any atom is -0.366 e. The van der Waals surface area contributed by atoms with Gasteiger partial charge >= 0.3 is 0 Å². The molecule has 128 valence electrons. The van der Waals surface area contributed by atoms with Crippen molar-refractivity contribution in [2.45, 2.75) is 11.8 Å². The number of rotatable bonds is 4. The molecule has 6 nitrogen and oxygen atoms in total. The lowest BCUT2D eigenvalue weighted by atomic mass is 10.2. The fraction of sp³-hybridized carbons (Fsp3) is 0.0588. The molecule has 3 rings (SSSR count). The molecule has 0 aliphatic carbocycles. The highest BCUT2D eigenvalue weighted by atomic mass is 35.5. The van der Waals surface area contributed by atoms with Gasteiger partial charge in [-0.05, 0) is 42.8 Å². The first-order valence-corrected chi connectivity index (χ1v) is 9.11. The van der Waals surface area contributed by atoms with Gasteiger partial charge in [-0.1, -0.05) is 23.7 Å². The summed E-state index contributed by atoms with van der Waals surface area (Å²) in [4.78, 5) is 15.6. The lowest BCUT2D eigenvalue weighted by Crippen LogP contribution is -2.16. The van der Waals surface area contributed by atoms with E-state index in [0.717, 1.165) is 10.9 Å². The number of fused-ring (bicyclic) bond motifs is 1. The molecule has 8 heteroatoms. The minimum absolute atomic E-state index is 0.0357. The number of carbonyl (C=O) groups excluding carboxylic acids is 1. The molecule has 0 aliphatic rings. The van der Waals surface area contributed by atoms with Gasteiger partial charge in [0.2, 0.25) is 5.91 Å². The van der Waals surface area contributed by atoms with Crippen LogP contribution in [0.5, 0.6) is 0 Å². The molecule has 0 radical (unpaired) electrons. The highest BCUT2D eigenvalue weighted by Crippen LogP contribution is 2.26. The standard InChI is InChI=1S/C17H14ClN3O3S/c1-10-7-11-3-2-4-15(16(11)20-9-10)25(23,24)21-12-5-6-14(18)13(8-12)17(19)22/h2-9,21H,1H3,(H2,19,22). The summed E-state index contributed by atoms with van der Waals surface area (Å²) in [5, 5.41) is 0.870. The van der Waals surface area contributed by atoms with Crippen molar-refractivity contribution in [2.24, 2.45) is 5.73 Å². The number of nitrogens with two attached hydrogens (primary N) is 1. The van der Waals surface area contributed by atoms with E-state index in [1.807, 2.05) is 13.0 Å². The van der Waals surface area contributed by atoms with E-state index in [2.05, 4.69) is 9.71 Å². The fourth-order valence-electron chi connectivity index (χ4n) is 2.45. The number of carbonyl (C=O) groups is 1. The van der Waals surface area contributed by atoms with Crippen LogP contribution in [0, 0.1) is 6.92 Å². The predicted octanol–water partition coefficient (Wildman–Crippen LogP) is 3.10. The molecule has 3 N–H and O–H groups in total. The van der Waals surface area contributed by atoms with Gasteiger partial charge in [-0.25, -0.2) is 8.42 Å². The molecular formula is C17H14ClN3O3S. The number of nitrogens with one attached hydrogen (secondary N) is 1. The van der Waals surface area contributed by atoms with E-state index >= 15 is 0 Å². The number of aromatic nitrogens is 1. The molecule has 0 atom stereocenters. The van der Waals surface area contributed by atoms with Crippen LogP contribution in [0.25, 0.3) is 10.9 Å². The molecule has 0 spiro atoms. The maximum absolute atomic E-state index is 12.8. The second-order valence-electron chi connectivity index (χ2n) is 5.50. The maximum Gasteiger partial charge on any atom is 0.264 e. The first kappa shape index (κ1) is 17.2. The summed E-state index contributed by atoms with van der Waals surface area (Å²) in [5.74, 6) is -0.742. The summed E-state index contributed by atoms with van der Waals surface area (Å²) in [6, 6.07) is 10.9. The molecule has 2 aromatic carbocycles. The number of para-hydroxylation sites is 1. The summed E-state index contributed by atoms with van der Waals surface area (Å²) < 4.78 is 28.0. The normalized spacial score (nSPS) is 11.4. The van der Waals surface area contributed by atoms with Crippen LogP contribution in [0.3, 0.4) is 0 Å². The van der Waals surface area contributed by atoms with Crippen molar-refractivity contribution in [1.82, 2.24) is 4.98 Å². The average molecular weight is 376 g/mol. The lowest BCUT2D eigenvalue weighted by Gasteiger charge is -2.11. The topological polar surface area (TPSA) is 102 Å². The number of amides is 1. The zero-order valence-corrected chi connectivity index (χ0v) is 14.7. The van der Waals surface area contributed by atoms with E-state index < -0.39 is 15.9 Å². The molecule has 1 amide bonds. The van der Waals surface area contributed by atoms with Crippen molar-refractivity contribution in [3.05, 3.63) is 64.8 Å². The van der Waals surface area contributed by atoms with Gasteiger partial charge in [-0.15, -0.1) is 0 Å². The molecule has 0 fully saturated rings. The predicted molar refractivity (Wildman–Crippen MR) is 97.3 cm³/mol. The van der Waals surface area contributed by atoms with Gasteiger partial charge in [0.25, 0.3) is 10.0 Å². The number of nitrogens with zero attached hydrogens (tertiary/aromatic N) is 1. The number of halogens is 1. The number of hydrogen-bond acceptors (Lipinski definition) is 4. The van der Waals surface area contributed by atoms with Crippen LogP contribution in [0.2, 0.25) is 5.02 Å². The third-order valence-electron chi connectivity index (χ3n) is 3.58. The van der Waals surface area contributed by atoms with E-state index in [9.17, 15) is 13.2 Å². The molecule has 0 unspecified atom stereocenters. The molecule has 0 aliphatic heterocycles. The van der Waals surface area contributed by atoms with Gasteiger partial charge in [0.15, 0.2) is 0 Å². The van der Waals surface area contributed by atoms with Crippen LogP contribution in [0.15, 0.2) is 53.6 Å². The Hall–Kier alpha value is -2.64. The van der Waals surface area contributed by atoms with Crippen molar-refractivity contribution < 1.29 is 13.2 Å². The van der Waals surface area contributed by atoms with Gasteiger partial charge in [0, 0.05) is 17.3 Å². The summed E-state index contributed by atoms with van der Waals surface area (Å²) >= 11 is 5.88. The maximum atomic E-state index is 12.8. The number of anilines is 1. The third-order valence-corrected chi connectivity index (χ3v) is 5.33. The largest absolute Gasteiger partial charge is 0.366 e. The van der Waals surface area contributed by atoms with E-state index in [-0.39, 0.29) is 21.2 Å². The quantitative estimate of drug-likeness (QED) is 0.731. The van der Waals surface area contributed by atoms with Crippen molar-refractivity contribution in [3.8, 4) is 0 Å². The molecule has 25 heavy (non-hydrogen) atoms. The van der Waals surface area contributed by atoms with Gasteiger partial charge in [0.1, 0.15) is 4.90 Å². The smallest absolute Gasteiger partial charge is 0.264 e. The van der Waals surface area contributed by atoms with E-state index in [1.54, 1.807) is 18.3 Å². The highest BCUT2D eigenvalue weighted by molar-refractivity contribution is 7.93. The lowest BCUT2D eigenvalue weighted by molar-refractivity contribution is 0.100. The molecule has 3 aromatic rings. The van der Waals surface area contributed by atoms with Gasteiger partial charge in [-0.2, -0.15) is 0 Å². The van der Waals surface area contributed by atoms with E-state index in [0.29, 0.717) is 5.52 Å². The first-order chi connectivity index (χ1) is 11.8. The van der Waals surface area contributed by atoms with Crippen LogP contribution < -0.4 is 10.5 Å². The molecule has 0 saturated heterocycles. The van der Waals surface area contributed by atoms with Crippen LogP contribution in [-0.4, -0.2) is 19.3 Å². The summed E-state index contributed by atoms with van der Waals surface area (Å²) in [6.07, 6.45) is 1.61. The molecule has 1 heterocycles.